The van der Waals surface area contributed by atoms with Crippen LogP contribution in [0.25, 0.3) is 0 Å². The molecule has 0 amide bonds. The fourth-order valence-electron chi connectivity index (χ4n) is 2.08. The third kappa shape index (κ3) is 2.60. The summed E-state index contributed by atoms with van der Waals surface area (Å²) < 4.78 is 18.8. The third-order valence-corrected chi connectivity index (χ3v) is 2.92. The van der Waals surface area contributed by atoms with Gasteiger partial charge in [-0.2, -0.15) is 0 Å². The Balaban J connectivity index is 2.24. The van der Waals surface area contributed by atoms with E-state index in [2.05, 4.69) is 12.2 Å². The average molecular weight is 223 g/mol. The van der Waals surface area contributed by atoms with E-state index in [1.165, 1.54) is 11.6 Å². The first kappa shape index (κ1) is 11.6. The van der Waals surface area contributed by atoms with Crippen LogP contribution in [0.1, 0.15) is 30.5 Å². The zero-order chi connectivity index (χ0) is 11.4. The summed E-state index contributed by atoms with van der Waals surface area (Å²) in [5.41, 5.74) is 2.26. The molecule has 1 atom stereocenters. The van der Waals surface area contributed by atoms with Gasteiger partial charge in [0, 0.05) is 0 Å². The Morgan fingerprint density at radius 2 is 2.38 bits per heavy atom. The molecular formula is C13H18FNO. The zero-order valence-electron chi connectivity index (χ0n) is 9.63. The van der Waals surface area contributed by atoms with E-state index in [1.807, 2.05) is 6.07 Å². The van der Waals surface area contributed by atoms with Crippen molar-refractivity contribution in [3.63, 3.8) is 0 Å². The average Bonchev–Trinajstić information content (AvgIpc) is 2.48. The van der Waals surface area contributed by atoms with Crippen molar-refractivity contribution in [2.24, 2.45) is 0 Å². The molecule has 2 rings (SSSR count). The van der Waals surface area contributed by atoms with Crippen molar-refractivity contribution < 1.29 is 9.13 Å². The lowest BCUT2D eigenvalue weighted by molar-refractivity contribution is 0.121. The van der Waals surface area contributed by atoms with E-state index >= 15 is 0 Å². The van der Waals surface area contributed by atoms with Crippen LogP contribution in [0.5, 0.6) is 0 Å². The second-order valence-corrected chi connectivity index (χ2v) is 4.17. The summed E-state index contributed by atoms with van der Waals surface area (Å²) in [5, 5.41) is 3.40. The maximum Gasteiger partial charge on any atom is 0.123 e. The molecule has 0 aliphatic carbocycles. The minimum atomic E-state index is -0.163. The van der Waals surface area contributed by atoms with Gasteiger partial charge in [0.1, 0.15) is 5.82 Å². The fourth-order valence-corrected chi connectivity index (χ4v) is 2.08. The van der Waals surface area contributed by atoms with Crippen molar-refractivity contribution in [3.8, 4) is 0 Å². The van der Waals surface area contributed by atoms with E-state index < -0.39 is 0 Å². The van der Waals surface area contributed by atoms with Crippen LogP contribution in [-0.4, -0.2) is 19.8 Å². The smallest absolute Gasteiger partial charge is 0.123 e. The minimum Gasteiger partial charge on any atom is -0.379 e. The van der Waals surface area contributed by atoms with Gasteiger partial charge in [-0.1, -0.05) is 13.0 Å². The summed E-state index contributed by atoms with van der Waals surface area (Å²) in [6.45, 7) is 4.42. The molecule has 0 bridgehead atoms. The second-order valence-electron chi connectivity index (χ2n) is 4.17. The molecule has 1 heterocycles. The number of ether oxygens (including phenoxy) is 1. The molecule has 1 N–H and O–H groups in total. The number of nitrogens with one attached hydrogen (secondary N) is 1. The van der Waals surface area contributed by atoms with E-state index in [9.17, 15) is 4.39 Å². The summed E-state index contributed by atoms with van der Waals surface area (Å²) >= 11 is 0. The number of hydrogen-bond donors (Lipinski definition) is 1. The highest BCUT2D eigenvalue weighted by Gasteiger charge is 2.18. The van der Waals surface area contributed by atoms with Gasteiger partial charge in [0.15, 0.2) is 0 Å². The van der Waals surface area contributed by atoms with Crippen LogP contribution in [0, 0.1) is 5.82 Å². The molecule has 0 radical (unpaired) electrons. The Hall–Kier alpha value is -0.930. The molecule has 0 spiro atoms. The molecule has 1 aliphatic rings. The molecule has 0 fully saturated rings. The molecule has 88 valence electrons. The SMILES string of the molecule is CCCNC1COCCc2ccc(F)cc21. The van der Waals surface area contributed by atoms with Gasteiger partial charge in [0.2, 0.25) is 0 Å². The molecule has 16 heavy (non-hydrogen) atoms. The lowest BCUT2D eigenvalue weighted by Gasteiger charge is -2.18. The van der Waals surface area contributed by atoms with Crippen LogP contribution in [0.4, 0.5) is 4.39 Å². The molecule has 0 saturated carbocycles. The first-order chi connectivity index (χ1) is 7.81. The van der Waals surface area contributed by atoms with Gasteiger partial charge in [0.25, 0.3) is 0 Å². The van der Waals surface area contributed by atoms with Crippen molar-refractivity contribution >= 4 is 0 Å². The van der Waals surface area contributed by atoms with Crippen LogP contribution in [-0.2, 0) is 11.2 Å². The Kier molecular flexibility index (Phi) is 3.91. The molecule has 1 unspecified atom stereocenters. The first-order valence-corrected chi connectivity index (χ1v) is 5.90. The first-order valence-electron chi connectivity index (χ1n) is 5.90. The van der Waals surface area contributed by atoms with E-state index in [0.717, 1.165) is 31.6 Å². The number of benzene rings is 1. The highest BCUT2D eigenvalue weighted by atomic mass is 19.1. The van der Waals surface area contributed by atoms with Crippen molar-refractivity contribution in [2.45, 2.75) is 25.8 Å². The predicted molar refractivity (Wildman–Crippen MR) is 62.0 cm³/mol. The summed E-state index contributed by atoms with van der Waals surface area (Å²) in [5.74, 6) is -0.163. The summed E-state index contributed by atoms with van der Waals surface area (Å²) in [6, 6.07) is 5.17. The van der Waals surface area contributed by atoms with Crippen molar-refractivity contribution in [3.05, 3.63) is 35.1 Å². The number of halogens is 1. The standard InChI is InChI=1S/C13H18FNO/c1-2-6-15-13-9-16-7-5-10-3-4-11(14)8-12(10)13/h3-4,8,13,15H,2,5-7,9H2,1H3. The van der Waals surface area contributed by atoms with Crippen molar-refractivity contribution in [2.75, 3.05) is 19.8 Å². The normalized spacial score (nSPS) is 20.2. The number of fused-ring (bicyclic) bond motifs is 1. The van der Waals surface area contributed by atoms with Gasteiger partial charge in [0.05, 0.1) is 19.3 Å². The van der Waals surface area contributed by atoms with Crippen LogP contribution >= 0.6 is 0 Å². The largest absolute Gasteiger partial charge is 0.379 e. The topological polar surface area (TPSA) is 21.3 Å². The Morgan fingerprint density at radius 1 is 1.50 bits per heavy atom. The van der Waals surface area contributed by atoms with Gasteiger partial charge in [-0.15, -0.1) is 0 Å². The number of rotatable bonds is 3. The third-order valence-electron chi connectivity index (χ3n) is 2.92. The fraction of sp³-hybridized carbons (Fsp3) is 0.538. The minimum absolute atomic E-state index is 0.133. The van der Waals surface area contributed by atoms with Crippen LogP contribution in [0.2, 0.25) is 0 Å². The summed E-state index contributed by atoms with van der Waals surface area (Å²) in [7, 11) is 0. The molecule has 0 aromatic heterocycles. The van der Waals surface area contributed by atoms with Gasteiger partial charge < -0.3 is 10.1 Å². The molecule has 1 aromatic rings. The molecule has 3 heteroatoms. The van der Waals surface area contributed by atoms with Crippen molar-refractivity contribution in [1.29, 1.82) is 0 Å². The van der Waals surface area contributed by atoms with Gasteiger partial charge in [-0.3, -0.25) is 0 Å². The molecule has 1 aromatic carbocycles. The zero-order valence-corrected chi connectivity index (χ0v) is 9.63. The van der Waals surface area contributed by atoms with E-state index in [4.69, 9.17) is 4.74 Å². The molecule has 2 nitrogen and oxygen atoms in total. The Labute approximate surface area is 95.8 Å². The van der Waals surface area contributed by atoms with E-state index in [0.29, 0.717) is 6.61 Å². The predicted octanol–water partition coefficient (Wildman–Crippen LogP) is 2.44. The van der Waals surface area contributed by atoms with E-state index in [1.54, 1.807) is 6.07 Å². The lowest BCUT2D eigenvalue weighted by atomic mass is 9.99. The summed E-state index contributed by atoms with van der Waals surface area (Å²) in [4.78, 5) is 0. The van der Waals surface area contributed by atoms with Crippen LogP contribution in [0.15, 0.2) is 18.2 Å². The van der Waals surface area contributed by atoms with Crippen LogP contribution < -0.4 is 5.32 Å². The molecule has 0 saturated heterocycles. The van der Waals surface area contributed by atoms with E-state index in [-0.39, 0.29) is 11.9 Å². The quantitative estimate of drug-likeness (QED) is 0.849. The lowest BCUT2D eigenvalue weighted by Crippen LogP contribution is -2.26. The number of hydrogen-bond acceptors (Lipinski definition) is 2. The molecular weight excluding hydrogens is 205 g/mol. The highest BCUT2D eigenvalue weighted by molar-refractivity contribution is 5.31. The maximum absolute atomic E-state index is 13.3. The summed E-state index contributed by atoms with van der Waals surface area (Å²) in [6.07, 6.45) is 1.95. The molecule has 1 aliphatic heterocycles. The van der Waals surface area contributed by atoms with Crippen LogP contribution in [0.3, 0.4) is 0 Å². The van der Waals surface area contributed by atoms with Gasteiger partial charge in [-0.05, 0) is 42.6 Å². The van der Waals surface area contributed by atoms with Gasteiger partial charge >= 0.3 is 0 Å². The Bertz CT molecular complexity index is 354. The van der Waals surface area contributed by atoms with Gasteiger partial charge in [-0.25, -0.2) is 4.39 Å². The Morgan fingerprint density at radius 3 is 3.19 bits per heavy atom. The van der Waals surface area contributed by atoms with Crippen molar-refractivity contribution in [1.82, 2.24) is 5.32 Å². The second kappa shape index (κ2) is 5.41. The monoisotopic (exact) mass is 223 g/mol. The maximum atomic E-state index is 13.3. The highest BCUT2D eigenvalue weighted by Crippen LogP contribution is 2.23.